The highest BCUT2D eigenvalue weighted by molar-refractivity contribution is 14.1. The second-order valence-electron chi connectivity index (χ2n) is 14.1. The van der Waals surface area contributed by atoms with Crippen LogP contribution in [0.15, 0.2) is 33.0 Å². The molecule has 0 heterocycles. The van der Waals surface area contributed by atoms with E-state index < -0.39 is 11.4 Å². The summed E-state index contributed by atoms with van der Waals surface area (Å²) in [6.07, 6.45) is 14.1. The molecule has 0 unspecified atom stereocenters. The molecule has 0 aromatic carbocycles. The van der Waals surface area contributed by atoms with Crippen LogP contribution in [0.4, 0.5) is 0 Å². The molecule has 0 aromatic rings. The Labute approximate surface area is 219 Å². The highest BCUT2D eigenvalue weighted by atomic mass is 127. The van der Waals surface area contributed by atoms with Crippen LogP contribution in [0.1, 0.15) is 93.4 Å². The monoisotopic (exact) mass is 576 g/mol. The van der Waals surface area contributed by atoms with E-state index in [1.807, 2.05) is 6.92 Å². The molecule has 0 amide bonds. The lowest BCUT2D eigenvalue weighted by Gasteiger charge is -2.67. The third-order valence-electron chi connectivity index (χ3n) is 12.0. The summed E-state index contributed by atoms with van der Waals surface area (Å²) in [6, 6.07) is 0. The zero-order chi connectivity index (χ0) is 25.1. The summed E-state index contributed by atoms with van der Waals surface area (Å²) in [5.74, 6) is 0.353. The fourth-order valence-corrected chi connectivity index (χ4v) is 10.7. The summed E-state index contributed by atoms with van der Waals surface area (Å²) in [5.41, 5.74) is 2.03. The summed E-state index contributed by atoms with van der Waals surface area (Å²) in [4.78, 5) is 25.4. The standard InChI is InChI=1S/C30H41IO3/c1-25(2)21-10-11-30(7)22(28(21,5)17-20(31)23(25)32)9-8-18-19-16-27(4,24(33)34)13-12-26(19,3)14-15-29(18,30)6/h8-9,17,21-22H,10-16H2,1-7H3,(H,33,34)/t21-,22+,26+,27-,28-,29+,30+/m0/s1. The highest BCUT2D eigenvalue weighted by Gasteiger charge is 2.66. The molecule has 0 saturated heterocycles. The van der Waals surface area contributed by atoms with Gasteiger partial charge in [0.15, 0.2) is 5.78 Å². The van der Waals surface area contributed by atoms with Gasteiger partial charge in [-0.15, -0.1) is 0 Å². The third-order valence-corrected chi connectivity index (χ3v) is 12.8. The van der Waals surface area contributed by atoms with E-state index in [0.717, 1.165) is 42.1 Å². The van der Waals surface area contributed by atoms with Gasteiger partial charge in [-0.05, 0) is 114 Å². The molecule has 3 nitrogen and oxygen atoms in total. The Morgan fingerprint density at radius 2 is 1.65 bits per heavy atom. The molecule has 0 aliphatic heterocycles. The minimum atomic E-state index is -0.665. The van der Waals surface area contributed by atoms with Crippen LogP contribution in [-0.2, 0) is 9.59 Å². The predicted molar refractivity (Wildman–Crippen MR) is 145 cm³/mol. The number of Topliss-reactive ketones (excluding diaryl/α,β-unsaturated/α-hetero) is 1. The van der Waals surface area contributed by atoms with Crippen LogP contribution in [0.5, 0.6) is 0 Å². The Balaban J connectivity index is 1.69. The Bertz CT molecular complexity index is 1080. The smallest absolute Gasteiger partial charge is 0.309 e. The van der Waals surface area contributed by atoms with Crippen molar-refractivity contribution in [2.75, 3.05) is 0 Å². The van der Waals surface area contributed by atoms with Gasteiger partial charge in [-0.25, -0.2) is 0 Å². The van der Waals surface area contributed by atoms with Crippen molar-refractivity contribution in [1.82, 2.24) is 0 Å². The number of halogens is 1. The normalized spacial score (nSPS) is 49.4. The molecule has 1 N–H and O–H groups in total. The number of carboxylic acid groups (broad SMARTS) is 1. The minimum absolute atomic E-state index is 0.0247. The molecule has 5 aliphatic rings. The average Bonchev–Trinajstić information content (AvgIpc) is 2.74. The molecule has 0 spiro atoms. The maximum Gasteiger partial charge on any atom is 0.309 e. The second kappa shape index (κ2) is 7.10. The number of carboxylic acids is 1. The molecule has 5 aliphatic carbocycles. The molecule has 5 rings (SSSR count). The van der Waals surface area contributed by atoms with Crippen molar-refractivity contribution >= 4 is 34.3 Å². The van der Waals surface area contributed by atoms with Gasteiger partial charge in [0, 0.05) is 5.41 Å². The van der Waals surface area contributed by atoms with E-state index in [1.165, 1.54) is 11.1 Å². The zero-order valence-electron chi connectivity index (χ0n) is 22.0. The van der Waals surface area contributed by atoms with E-state index in [1.54, 1.807) is 0 Å². The first-order valence-electron chi connectivity index (χ1n) is 13.1. The molecule has 0 bridgehead atoms. The van der Waals surface area contributed by atoms with Gasteiger partial charge in [0.2, 0.25) is 0 Å². The van der Waals surface area contributed by atoms with Crippen LogP contribution >= 0.6 is 22.6 Å². The van der Waals surface area contributed by atoms with E-state index in [2.05, 4.69) is 82.4 Å². The number of fused-ring (bicyclic) bond motifs is 6. The topological polar surface area (TPSA) is 54.4 Å². The van der Waals surface area contributed by atoms with Crippen molar-refractivity contribution in [2.45, 2.75) is 93.4 Å². The maximum atomic E-state index is 13.1. The lowest BCUT2D eigenvalue weighted by atomic mass is 9.36. The predicted octanol–water partition coefficient (Wildman–Crippen LogP) is 7.90. The van der Waals surface area contributed by atoms with Crippen LogP contribution in [0.25, 0.3) is 0 Å². The van der Waals surface area contributed by atoms with Crippen molar-refractivity contribution in [2.24, 2.45) is 44.3 Å². The summed E-state index contributed by atoms with van der Waals surface area (Å²) in [7, 11) is 0. The first kappa shape index (κ1) is 24.8. The van der Waals surface area contributed by atoms with Gasteiger partial charge in [-0.2, -0.15) is 0 Å². The van der Waals surface area contributed by atoms with E-state index >= 15 is 0 Å². The summed E-state index contributed by atoms with van der Waals surface area (Å²) < 4.78 is 0.897. The molecule has 0 radical (unpaired) electrons. The van der Waals surface area contributed by atoms with E-state index in [-0.39, 0.29) is 27.1 Å². The fourth-order valence-electron chi connectivity index (χ4n) is 9.32. The van der Waals surface area contributed by atoms with Gasteiger partial charge >= 0.3 is 5.97 Å². The SMILES string of the molecule is CC1(C)C(=O)C(I)=C[C@]2(C)[C@H]3C=CC4=C5C[C@@](C)(C(=O)O)CC[C@]5(C)CC[C@@]4(C)[C@]3(C)CC[C@@H]12. The lowest BCUT2D eigenvalue weighted by molar-refractivity contribution is -0.151. The number of rotatable bonds is 1. The number of carbonyl (C=O) groups is 2. The van der Waals surface area contributed by atoms with Crippen molar-refractivity contribution in [3.05, 3.63) is 33.0 Å². The maximum absolute atomic E-state index is 13.1. The van der Waals surface area contributed by atoms with Crippen LogP contribution in [-0.4, -0.2) is 16.9 Å². The largest absolute Gasteiger partial charge is 0.481 e. The van der Waals surface area contributed by atoms with Crippen molar-refractivity contribution in [3.8, 4) is 0 Å². The van der Waals surface area contributed by atoms with Crippen LogP contribution in [0.2, 0.25) is 0 Å². The number of allylic oxidation sites excluding steroid dienone is 6. The van der Waals surface area contributed by atoms with Crippen molar-refractivity contribution in [3.63, 3.8) is 0 Å². The van der Waals surface area contributed by atoms with Gasteiger partial charge in [0.05, 0.1) is 8.99 Å². The Morgan fingerprint density at radius 3 is 2.29 bits per heavy atom. The Morgan fingerprint density at radius 1 is 1.00 bits per heavy atom. The van der Waals surface area contributed by atoms with Gasteiger partial charge < -0.3 is 5.11 Å². The molecule has 186 valence electrons. The molecule has 4 heteroatoms. The number of hydrogen-bond acceptors (Lipinski definition) is 2. The van der Waals surface area contributed by atoms with Crippen LogP contribution < -0.4 is 0 Å². The molecule has 0 aromatic heterocycles. The first-order chi connectivity index (χ1) is 15.6. The number of ketones is 1. The van der Waals surface area contributed by atoms with Gasteiger partial charge in [-0.3, -0.25) is 9.59 Å². The van der Waals surface area contributed by atoms with Crippen molar-refractivity contribution < 1.29 is 14.7 Å². The highest BCUT2D eigenvalue weighted by Crippen LogP contribution is 2.73. The van der Waals surface area contributed by atoms with E-state index in [0.29, 0.717) is 24.0 Å². The molecular weight excluding hydrogens is 535 g/mol. The van der Waals surface area contributed by atoms with Crippen molar-refractivity contribution in [1.29, 1.82) is 0 Å². The third kappa shape index (κ3) is 2.87. The van der Waals surface area contributed by atoms with Crippen LogP contribution in [0, 0.1) is 44.3 Å². The summed E-state index contributed by atoms with van der Waals surface area (Å²) >= 11 is 2.27. The number of hydrogen-bond donors (Lipinski definition) is 1. The Kier molecular flexibility index (Phi) is 5.17. The molecule has 7 atom stereocenters. The fraction of sp³-hybridized carbons (Fsp3) is 0.733. The number of aliphatic carboxylic acids is 1. The first-order valence-corrected chi connectivity index (χ1v) is 14.2. The summed E-state index contributed by atoms with van der Waals surface area (Å²) in [5, 5.41) is 10.1. The van der Waals surface area contributed by atoms with E-state index in [4.69, 9.17) is 0 Å². The minimum Gasteiger partial charge on any atom is -0.481 e. The number of carbonyl (C=O) groups excluding carboxylic acids is 1. The van der Waals surface area contributed by atoms with Gasteiger partial charge in [0.25, 0.3) is 0 Å². The molecular formula is C30H41IO3. The molecule has 34 heavy (non-hydrogen) atoms. The zero-order valence-corrected chi connectivity index (χ0v) is 24.1. The average molecular weight is 577 g/mol. The van der Waals surface area contributed by atoms with E-state index in [9.17, 15) is 14.7 Å². The quantitative estimate of drug-likeness (QED) is 0.323. The second-order valence-corrected chi connectivity index (χ2v) is 15.2. The molecule has 2 fully saturated rings. The molecule has 2 saturated carbocycles. The lowest BCUT2D eigenvalue weighted by Crippen LogP contribution is -2.61. The van der Waals surface area contributed by atoms with Crippen LogP contribution in [0.3, 0.4) is 0 Å². The van der Waals surface area contributed by atoms with Gasteiger partial charge in [0.1, 0.15) is 0 Å². The summed E-state index contributed by atoms with van der Waals surface area (Å²) in [6.45, 7) is 16.1. The van der Waals surface area contributed by atoms with Gasteiger partial charge in [-0.1, -0.05) is 65.3 Å². The Hall–Kier alpha value is -0.910.